The highest BCUT2D eigenvalue weighted by Gasteiger charge is 2.23. The summed E-state index contributed by atoms with van der Waals surface area (Å²) in [6, 6.07) is 0. The lowest BCUT2D eigenvalue weighted by Gasteiger charge is -2.29. The van der Waals surface area contributed by atoms with Crippen molar-refractivity contribution in [3.63, 3.8) is 0 Å². The van der Waals surface area contributed by atoms with Gasteiger partial charge in [0.25, 0.3) is 5.88 Å². The summed E-state index contributed by atoms with van der Waals surface area (Å²) in [4.78, 5) is 20.8. The van der Waals surface area contributed by atoms with Crippen LogP contribution in [0.2, 0.25) is 5.15 Å². The van der Waals surface area contributed by atoms with Crippen molar-refractivity contribution in [3.05, 3.63) is 17.0 Å². The predicted octanol–water partition coefficient (Wildman–Crippen LogP) is 0.793. The first-order chi connectivity index (χ1) is 7.70. The number of hydrogen-bond acceptors (Lipinski definition) is 5. The molecule has 1 amide bonds. The average molecular weight is 243 g/mol. The zero-order valence-electron chi connectivity index (χ0n) is 8.52. The van der Waals surface area contributed by atoms with Crippen molar-refractivity contribution in [2.45, 2.75) is 13.0 Å². The van der Waals surface area contributed by atoms with Crippen LogP contribution in [0.15, 0.2) is 6.20 Å². The fourth-order valence-electron chi connectivity index (χ4n) is 1.20. The maximum atomic E-state index is 11.5. The van der Waals surface area contributed by atoms with Gasteiger partial charge in [-0.15, -0.1) is 0 Å². The van der Waals surface area contributed by atoms with Gasteiger partial charge < -0.3 is 15.4 Å². The van der Waals surface area contributed by atoms with Crippen molar-refractivity contribution >= 4 is 17.7 Å². The number of ether oxygens (including phenoxy) is 1. The van der Waals surface area contributed by atoms with E-state index in [1.54, 1.807) is 4.90 Å². The molecule has 2 heterocycles. The molecule has 0 spiro atoms. The van der Waals surface area contributed by atoms with Gasteiger partial charge in [0, 0.05) is 19.6 Å². The summed E-state index contributed by atoms with van der Waals surface area (Å²) in [6.07, 6.45) is 1.99. The Balaban J connectivity index is 2.06. The van der Waals surface area contributed by atoms with E-state index in [9.17, 15) is 4.79 Å². The monoisotopic (exact) mass is 242 g/mol. The lowest BCUT2D eigenvalue weighted by molar-refractivity contribution is 0.123. The molecule has 0 aliphatic carbocycles. The van der Waals surface area contributed by atoms with Gasteiger partial charge >= 0.3 is 6.09 Å². The number of carbonyl (C=O) groups is 1. The van der Waals surface area contributed by atoms with Crippen LogP contribution < -0.4 is 10.5 Å². The SMILES string of the molecule is NCc1cnc(OC(=O)N2CCC2)c(Cl)n1. The fourth-order valence-corrected chi connectivity index (χ4v) is 1.40. The average Bonchev–Trinajstić information content (AvgIpc) is 2.18. The third-order valence-electron chi connectivity index (χ3n) is 2.26. The van der Waals surface area contributed by atoms with E-state index in [0.717, 1.165) is 6.42 Å². The predicted molar refractivity (Wildman–Crippen MR) is 57.1 cm³/mol. The first-order valence-corrected chi connectivity index (χ1v) is 5.26. The minimum absolute atomic E-state index is 0.0239. The van der Waals surface area contributed by atoms with Gasteiger partial charge in [-0.05, 0) is 6.42 Å². The quantitative estimate of drug-likeness (QED) is 0.829. The molecule has 1 aromatic heterocycles. The van der Waals surface area contributed by atoms with Crippen LogP contribution >= 0.6 is 11.6 Å². The van der Waals surface area contributed by atoms with E-state index in [0.29, 0.717) is 18.8 Å². The molecule has 1 aliphatic heterocycles. The summed E-state index contributed by atoms with van der Waals surface area (Å²) in [6.45, 7) is 1.67. The number of halogens is 1. The van der Waals surface area contributed by atoms with Crippen molar-refractivity contribution in [1.82, 2.24) is 14.9 Å². The summed E-state index contributed by atoms with van der Waals surface area (Å²) in [5.74, 6) is 0.0239. The van der Waals surface area contributed by atoms with Crippen LogP contribution in [-0.4, -0.2) is 34.1 Å². The zero-order chi connectivity index (χ0) is 11.5. The van der Waals surface area contributed by atoms with Gasteiger partial charge in [-0.2, -0.15) is 0 Å². The molecular weight excluding hydrogens is 232 g/mol. The molecule has 0 saturated carbocycles. The van der Waals surface area contributed by atoms with Gasteiger partial charge in [-0.3, -0.25) is 0 Å². The van der Waals surface area contributed by atoms with Crippen molar-refractivity contribution in [2.75, 3.05) is 13.1 Å². The Hall–Kier alpha value is -1.40. The standard InChI is InChI=1S/C9H11ClN4O2/c10-7-8(12-5-6(4-11)13-7)16-9(15)14-2-1-3-14/h5H,1-4,11H2. The molecule has 0 atom stereocenters. The van der Waals surface area contributed by atoms with Crippen LogP contribution in [0, 0.1) is 0 Å². The number of likely N-dealkylation sites (tertiary alicyclic amines) is 1. The van der Waals surface area contributed by atoms with E-state index in [4.69, 9.17) is 22.1 Å². The van der Waals surface area contributed by atoms with Gasteiger partial charge in [0.15, 0.2) is 5.15 Å². The van der Waals surface area contributed by atoms with Crippen molar-refractivity contribution in [3.8, 4) is 5.88 Å². The number of amides is 1. The summed E-state index contributed by atoms with van der Waals surface area (Å²) in [5.41, 5.74) is 5.92. The second-order valence-corrected chi connectivity index (χ2v) is 3.73. The number of carbonyl (C=O) groups excluding carboxylic acids is 1. The molecule has 86 valence electrons. The van der Waals surface area contributed by atoms with E-state index in [1.165, 1.54) is 6.20 Å². The molecule has 0 aromatic carbocycles. The second kappa shape index (κ2) is 4.63. The zero-order valence-corrected chi connectivity index (χ0v) is 9.28. The first-order valence-electron chi connectivity index (χ1n) is 4.89. The maximum Gasteiger partial charge on any atom is 0.416 e. The molecular formula is C9H11ClN4O2. The molecule has 16 heavy (non-hydrogen) atoms. The maximum absolute atomic E-state index is 11.5. The Labute approximate surface area is 97.4 Å². The van der Waals surface area contributed by atoms with Gasteiger partial charge in [0.2, 0.25) is 0 Å². The van der Waals surface area contributed by atoms with E-state index in [2.05, 4.69) is 9.97 Å². The molecule has 0 unspecified atom stereocenters. The smallest absolute Gasteiger partial charge is 0.388 e. The molecule has 0 bridgehead atoms. The van der Waals surface area contributed by atoms with Crippen LogP contribution in [0.1, 0.15) is 12.1 Å². The minimum Gasteiger partial charge on any atom is -0.388 e. The Morgan fingerprint density at radius 3 is 2.88 bits per heavy atom. The third-order valence-corrected chi connectivity index (χ3v) is 2.50. The van der Waals surface area contributed by atoms with Gasteiger partial charge in [-0.1, -0.05) is 11.6 Å². The molecule has 2 rings (SSSR count). The molecule has 2 N–H and O–H groups in total. The molecule has 0 radical (unpaired) electrons. The van der Waals surface area contributed by atoms with Crippen molar-refractivity contribution in [1.29, 1.82) is 0 Å². The Morgan fingerprint density at radius 2 is 2.38 bits per heavy atom. The Kier molecular flexibility index (Phi) is 3.21. The Bertz CT molecular complexity index is 408. The van der Waals surface area contributed by atoms with E-state index in [-0.39, 0.29) is 17.6 Å². The largest absolute Gasteiger partial charge is 0.416 e. The molecule has 1 aromatic rings. The highest BCUT2D eigenvalue weighted by Crippen LogP contribution is 2.20. The number of aromatic nitrogens is 2. The Morgan fingerprint density at radius 1 is 1.62 bits per heavy atom. The highest BCUT2D eigenvalue weighted by atomic mass is 35.5. The summed E-state index contributed by atoms with van der Waals surface area (Å²) < 4.78 is 4.99. The summed E-state index contributed by atoms with van der Waals surface area (Å²) in [5, 5.41) is 0.0526. The summed E-state index contributed by atoms with van der Waals surface area (Å²) in [7, 11) is 0. The molecule has 7 heteroatoms. The van der Waals surface area contributed by atoms with E-state index >= 15 is 0 Å². The molecule has 1 fully saturated rings. The normalized spacial score (nSPS) is 14.5. The van der Waals surface area contributed by atoms with Crippen LogP contribution in [0.5, 0.6) is 5.88 Å². The van der Waals surface area contributed by atoms with Crippen molar-refractivity contribution < 1.29 is 9.53 Å². The van der Waals surface area contributed by atoms with Crippen LogP contribution in [-0.2, 0) is 6.54 Å². The van der Waals surface area contributed by atoms with Crippen molar-refractivity contribution in [2.24, 2.45) is 5.73 Å². The van der Waals surface area contributed by atoms with Crippen LogP contribution in [0.3, 0.4) is 0 Å². The van der Waals surface area contributed by atoms with Crippen LogP contribution in [0.4, 0.5) is 4.79 Å². The number of rotatable bonds is 2. The lowest BCUT2D eigenvalue weighted by atomic mass is 10.2. The van der Waals surface area contributed by atoms with Gasteiger partial charge in [-0.25, -0.2) is 14.8 Å². The molecule has 1 saturated heterocycles. The molecule has 1 aliphatic rings. The number of hydrogen-bond donors (Lipinski definition) is 1. The summed E-state index contributed by atoms with van der Waals surface area (Å²) >= 11 is 5.79. The van der Waals surface area contributed by atoms with Crippen LogP contribution in [0.25, 0.3) is 0 Å². The lowest BCUT2D eigenvalue weighted by Crippen LogP contribution is -2.43. The van der Waals surface area contributed by atoms with E-state index < -0.39 is 6.09 Å². The van der Waals surface area contributed by atoms with Gasteiger partial charge in [0.05, 0.1) is 11.9 Å². The highest BCUT2D eigenvalue weighted by molar-refractivity contribution is 6.30. The number of nitrogens with two attached hydrogens (primary N) is 1. The van der Waals surface area contributed by atoms with Gasteiger partial charge in [0.1, 0.15) is 0 Å². The second-order valence-electron chi connectivity index (χ2n) is 3.37. The molecule has 6 nitrogen and oxygen atoms in total. The minimum atomic E-state index is -0.442. The topological polar surface area (TPSA) is 81.3 Å². The van der Waals surface area contributed by atoms with E-state index in [1.807, 2.05) is 0 Å². The first kappa shape index (κ1) is 11.1. The fraction of sp³-hybridized carbons (Fsp3) is 0.444. The number of nitrogens with zero attached hydrogens (tertiary/aromatic N) is 3. The third kappa shape index (κ3) is 2.23.